The first-order valence-corrected chi connectivity index (χ1v) is 8.35. The van der Waals surface area contributed by atoms with Crippen LogP contribution in [0.3, 0.4) is 0 Å². The molecule has 0 radical (unpaired) electrons. The summed E-state index contributed by atoms with van der Waals surface area (Å²) >= 11 is 1.41. The highest BCUT2D eigenvalue weighted by molar-refractivity contribution is 7.16. The molecule has 0 bridgehead atoms. The molecule has 0 N–H and O–H groups in total. The van der Waals surface area contributed by atoms with Crippen molar-refractivity contribution in [3.63, 3.8) is 0 Å². The van der Waals surface area contributed by atoms with Crippen molar-refractivity contribution in [2.45, 2.75) is 6.10 Å². The number of rotatable bonds is 4. The predicted molar refractivity (Wildman–Crippen MR) is 88.5 cm³/mol. The molecule has 1 aliphatic rings. The van der Waals surface area contributed by atoms with Gasteiger partial charge in [-0.2, -0.15) is 5.10 Å². The van der Waals surface area contributed by atoms with Crippen LogP contribution in [0.1, 0.15) is 9.67 Å². The van der Waals surface area contributed by atoms with Gasteiger partial charge in [0.25, 0.3) is 5.91 Å². The highest BCUT2D eigenvalue weighted by Gasteiger charge is 2.26. The van der Waals surface area contributed by atoms with Gasteiger partial charge in [0, 0.05) is 38.4 Å². The molecule has 0 saturated carbocycles. The number of hydrogen-bond donors (Lipinski definition) is 0. The quantitative estimate of drug-likeness (QED) is 0.832. The molecule has 0 aromatic carbocycles. The zero-order valence-electron chi connectivity index (χ0n) is 13.6. The Hall–Kier alpha value is -1.77. The van der Waals surface area contributed by atoms with Crippen molar-refractivity contribution in [2.75, 3.05) is 40.3 Å². The Morgan fingerprint density at radius 3 is 3.00 bits per heavy atom. The molecule has 0 spiro atoms. The van der Waals surface area contributed by atoms with Crippen LogP contribution in [0.25, 0.3) is 10.6 Å². The van der Waals surface area contributed by atoms with Gasteiger partial charge in [-0.25, -0.2) is 4.98 Å². The minimum absolute atomic E-state index is 0.0321. The summed E-state index contributed by atoms with van der Waals surface area (Å²) in [6.07, 6.45) is 5.38. The second-order valence-corrected chi connectivity index (χ2v) is 6.97. The van der Waals surface area contributed by atoms with Crippen LogP contribution >= 0.6 is 11.3 Å². The van der Waals surface area contributed by atoms with Crippen LogP contribution in [0.2, 0.25) is 0 Å². The van der Waals surface area contributed by atoms with Gasteiger partial charge in [0.15, 0.2) is 0 Å². The third kappa shape index (κ3) is 3.77. The largest absolute Gasteiger partial charge is 0.373 e. The lowest BCUT2D eigenvalue weighted by molar-refractivity contribution is -0.0305. The van der Waals surface area contributed by atoms with Crippen LogP contribution in [0.15, 0.2) is 18.6 Å². The lowest BCUT2D eigenvalue weighted by Gasteiger charge is -2.33. The Bertz CT molecular complexity index is 681. The molecule has 7 nitrogen and oxygen atoms in total. The van der Waals surface area contributed by atoms with Crippen LogP contribution < -0.4 is 0 Å². The molecule has 2 aromatic heterocycles. The van der Waals surface area contributed by atoms with Crippen molar-refractivity contribution in [3.8, 4) is 10.6 Å². The monoisotopic (exact) mass is 335 g/mol. The van der Waals surface area contributed by atoms with Gasteiger partial charge in [0.05, 0.1) is 25.1 Å². The number of hydrogen-bond acceptors (Lipinski definition) is 6. The van der Waals surface area contributed by atoms with Gasteiger partial charge in [-0.15, -0.1) is 11.3 Å². The Morgan fingerprint density at radius 1 is 1.48 bits per heavy atom. The first-order valence-electron chi connectivity index (χ1n) is 7.53. The van der Waals surface area contributed by atoms with Crippen molar-refractivity contribution in [1.29, 1.82) is 0 Å². The van der Waals surface area contributed by atoms with Crippen LogP contribution in [0.4, 0.5) is 0 Å². The standard InChI is InChI=1S/C15H21N5O2S/c1-18(2)9-12-10-20(4-5-22-12)15(21)13-7-16-14(23-13)11-6-17-19(3)8-11/h6-8,12H,4-5,9-10H2,1-3H3. The molecule has 3 heterocycles. The summed E-state index contributed by atoms with van der Waals surface area (Å²) in [6, 6.07) is 0. The molecule has 3 rings (SSSR count). The van der Waals surface area contributed by atoms with E-state index in [0.29, 0.717) is 24.6 Å². The van der Waals surface area contributed by atoms with Crippen LogP contribution in [-0.4, -0.2) is 76.9 Å². The number of nitrogens with zero attached hydrogens (tertiary/aromatic N) is 5. The maximum atomic E-state index is 12.7. The molecular weight excluding hydrogens is 314 g/mol. The van der Waals surface area contributed by atoms with Gasteiger partial charge in [0.2, 0.25) is 0 Å². The number of morpholine rings is 1. The van der Waals surface area contributed by atoms with E-state index >= 15 is 0 Å². The van der Waals surface area contributed by atoms with Crippen LogP contribution in [0.5, 0.6) is 0 Å². The fourth-order valence-electron chi connectivity index (χ4n) is 2.62. The number of aromatic nitrogens is 3. The fourth-order valence-corrected chi connectivity index (χ4v) is 3.47. The van der Waals surface area contributed by atoms with E-state index in [4.69, 9.17) is 4.74 Å². The van der Waals surface area contributed by atoms with Gasteiger partial charge in [0.1, 0.15) is 9.88 Å². The van der Waals surface area contributed by atoms with Gasteiger partial charge >= 0.3 is 0 Å². The molecule has 0 aliphatic carbocycles. The Morgan fingerprint density at radius 2 is 2.30 bits per heavy atom. The third-order valence-electron chi connectivity index (χ3n) is 3.66. The van der Waals surface area contributed by atoms with E-state index in [1.807, 2.05) is 32.2 Å². The zero-order chi connectivity index (χ0) is 16.4. The smallest absolute Gasteiger partial charge is 0.265 e. The number of aryl methyl sites for hydroxylation is 1. The summed E-state index contributed by atoms with van der Waals surface area (Å²) in [5.74, 6) is 0.0321. The number of amides is 1. The van der Waals surface area contributed by atoms with Crippen molar-refractivity contribution in [2.24, 2.45) is 7.05 Å². The minimum atomic E-state index is 0.0321. The van der Waals surface area contributed by atoms with Gasteiger partial charge in [-0.1, -0.05) is 0 Å². The fraction of sp³-hybridized carbons (Fsp3) is 0.533. The first kappa shape index (κ1) is 16.1. The summed E-state index contributed by atoms with van der Waals surface area (Å²) in [4.78, 5) is 21.6. The molecule has 23 heavy (non-hydrogen) atoms. The summed E-state index contributed by atoms with van der Waals surface area (Å²) < 4.78 is 7.45. The molecule has 1 amide bonds. The van der Waals surface area contributed by atoms with Gasteiger partial charge in [-0.05, 0) is 14.1 Å². The second-order valence-electron chi connectivity index (χ2n) is 5.94. The number of thiazole rings is 1. The molecule has 1 fully saturated rings. The van der Waals surface area contributed by atoms with E-state index in [1.54, 1.807) is 17.1 Å². The highest BCUT2D eigenvalue weighted by atomic mass is 32.1. The Kier molecular flexibility index (Phi) is 4.74. The van der Waals surface area contributed by atoms with Crippen molar-refractivity contribution in [3.05, 3.63) is 23.5 Å². The first-order chi connectivity index (χ1) is 11.0. The summed E-state index contributed by atoms with van der Waals surface area (Å²) in [7, 11) is 5.88. The lowest BCUT2D eigenvalue weighted by Crippen LogP contribution is -2.48. The molecule has 2 aromatic rings. The zero-order valence-corrected chi connectivity index (χ0v) is 14.4. The summed E-state index contributed by atoms with van der Waals surface area (Å²) in [5.41, 5.74) is 0.934. The predicted octanol–water partition coefficient (Wildman–Crippen LogP) is 0.946. The van der Waals surface area contributed by atoms with E-state index < -0.39 is 0 Å². The van der Waals surface area contributed by atoms with Crippen molar-refractivity contribution in [1.82, 2.24) is 24.6 Å². The SMILES string of the molecule is CN(C)CC1CN(C(=O)c2cnc(-c3cnn(C)c3)s2)CCO1. The van der Waals surface area contributed by atoms with Crippen LogP contribution in [-0.2, 0) is 11.8 Å². The van der Waals surface area contributed by atoms with E-state index in [-0.39, 0.29) is 12.0 Å². The Balaban J connectivity index is 1.69. The van der Waals surface area contributed by atoms with E-state index in [9.17, 15) is 4.79 Å². The van der Waals surface area contributed by atoms with E-state index in [1.165, 1.54) is 11.3 Å². The molecule has 124 valence electrons. The van der Waals surface area contributed by atoms with Gasteiger partial charge < -0.3 is 14.5 Å². The second kappa shape index (κ2) is 6.77. The maximum absolute atomic E-state index is 12.7. The molecule has 1 saturated heterocycles. The summed E-state index contributed by atoms with van der Waals surface area (Å²) in [5, 5.41) is 4.96. The molecule has 1 aliphatic heterocycles. The lowest BCUT2D eigenvalue weighted by atomic mass is 10.2. The maximum Gasteiger partial charge on any atom is 0.265 e. The van der Waals surface area contributed by atoms with Crippen LogP contribution in [0, 0.1) is 0 Å². The number of carbonyl (C=O) groups is 1. The third-order valence-corrected chi connectivity index (χ3v) is 4.70. The highest BCUT2D eigenvalue weighted by Crippen LogP contribution is 2.25. The number of ether oxygens (including phenoxy) is 1. The molecular formula is C15H21N5O2S. The number of carbonyl (C=O) groups excluding carboxylic acids is 1. The van der Waals surface area contributed by atoms with Crippen molar-refractivity contribution >= 4 is 17.2 Å². The normalized spacial score (nSPS) is 18.6. The van der Waals surface area contributed by atoms with E-state index in [2.05, 4.69) is 15.0 Å². The number of likely N-dealkylation sites (N-methyl/N-ethyl adjacent to an activating group) is 1. The average Bonchev–Trinajstić information content (AvgIpc) is 3.15. The topological polar surface area (TPSA) is 63.5 Å². The van der Waals surface area contributed by atoms with E-state index in [0.717, 1.165) is 17.1 Å². The average molecular weight is 335 g/mol. The molecule has 8 heteroatoms. The molecule has 1 unspecified atom stereocenters. The summed E-state index contributed by atoms with van der Waals surface area (Å²) in [6.45, 7) is 2.64. The molecule has 1 atom stereocenters. The minimum Gasteiger partial charge on any atom is -0.373 e. The van der Waals surface area contributed by atoms with Gasteiger partial charge in [-0.3, -0.25) is 9.48 Å². The van der Waals surface area contributed by atoms with Crippen molar-refractivity contribution < 1.29 is 9.53 Å². The Labute approximate surface area is 139 Å².